The van der Waals surface area contributed by atoms with Crippen molar-refractivity contribution in [1.29, 1.82) is 0 Å². The first-order valence-corrected chi connectivity index (χ1v) is 8.19. The van der Waals surface area contributed by atoms with Gasteiger partial charge in [0.2, 0.25) is 11.8 Å². The predicted molar refractivity (Wildman–Crippen MR) is 88.8 cm³/mol. The van der Waals surface area contributed by atoms with Gasteiger partial charge in [-0.25, -0.2) is 4.98 Å². The number of carbonyl (C=O) groups is 2. The second kappa shape index (κ2) is 8.38. The lowest BCUT2D eigenvalue weighted by molar-refractivity contribution is -0.124. The third-order valence-corrected chi connectivity index (χ3v) is 3.87. The Bertz CT molecular complexity index is 661. The largest absolute Gasteiger partial charge is 0.355 e. The molecule has 0 saturated carbocycles. The van der Waals surface area contributed by atoms with E-state index in [0.29, 0.717) is 6.54 Å². The van der Waals surface area contributed by atoms with E-state index in [1.54, 1.807) is 0 Å². The van der Waals surface area contributed by atoms with E-state index >= 15 is 0 Å². The summed E-state index contributed by atoms with van der Waals surface area (Å²) in [7, 11) is 0. The summed E-state index contributed by atoms with van der Waals surface area (Å²) >= 11 is 1.36. The zero-order valence-corrected chi connectivity index (χ0v) is 13.3. The van der Waals surface area contributed by atoms with E-state index in [4.69, 9.17) is 0 Å². The number of fused-ring (bicyclic) bond motifs is 1. The van der Waals surface area contributed by atoms with Crippen molar-refractivity contribution in [2.45, 2.75) is 18.4 Å². The molecule has 0 fully saturated rings. The number of aromatic nitrogens is 1. The smallest absolute Gasteiger partial charge is 0.239 e. The van der Waals surface area contributed by atoms with Gasteiger partial charge in [-0.05, 0) is 18.6 Å². The van der Waals surface area contributed by atoms with Crippen LogP contribution in [0.4, 0.5) is 0 Å². The van der Waals surface area contributed by atoms with Gasteiger partial charge >= 0.3 is 0 Å². The van der Waals surface area contributed by atoms with Gasteiger partial charge in [0.15, 0.2) is 0 Å². The van der Waals surface area contributed by atoms with Gasteiger partial charge in [0.25, 0.3) is 0 Å². The van der Waals surface area contributed by atoms with E-state index in [2.05, 4.69) is 15.6 Å². The normalized spacial score (nSPS) is 10.4. The number of amides is 2. The van der Waals surface area contributed by atoms with Crippen molar-refractivity contribution in [3.05, 3.63) is 36.4 Å². The van der Waals surface area contributed by atoms with Crippen LogP contribution in [-0.2, 0) is 9.59 Å². The molecule has 1 heterocycles. The van der Waals surface area contributed by atoms with Gasteiger partial charge in [-0.15, -0.1) is 0 Å². The Balaban J connectivity index is 1.78. The van der Waals surface area contributed by atoms with Gasteiger partial charge in [-0.3, -0.25) is 9.59 Å². The van der Waals surface area contributed by atoms with Crippen molar-refractivity contribution in [2.75, 3.05) is 18.8 Å². The molecule has 0 saturated heterocycles. The fourth-order valence-corrected chi connectivity index (χ4v) is 2.53. The number of carbonyl (C=O) groups excluding carboxylic acids is 2. The first kappa shape index (κ1) is 16.3. The number of pyridine rings is 1. The molecule has 2 rings (SSSR count). The van der Waals surface area contributed by atoms with Crippen LogP contribution in [0.25, 0.3) is 10.9 Å². The van der Waals surface area contributed by atoms with Crippen LogP contribution in [-0.4, -0.2) is 35.6 Å². The zero-order valence-electron chi connectivity index (χ0n) is 12.5. The average Bonchev–Trinajstić information content (AvgIpc) is 2.56. The molecule has 1 aromatic carbocycles. The highest BCUT2D eigenvalue weighted by molar-refractivity contribution is 7.99. The summed E-state index contributed by atoms with van der Waals surface area (Å²) in [5, 5.41) is 7.18. The molecule has 5 nitrogen and oxygen atoms in total. The first-order chi connectivity index (χ1) is 10.7. The minimum absolute atomic E-state index is 0.0184. The average molecular weight is 317 g/mol. The number of hydrogen-bond acceptors (Lipinski definition) is 4. The lowest BCUT2D eigenvalue weighted by Crippen LogP contribution is -2.37. The lowest BCUT2D eigenvalue weighted by atomic mass is 10.2. The van der Waals surface area contributed by atoms with E-state index in [0.717, 1.165) is 22.3 Å². The minimum atomic E-state index is -0.174. The quantitative estimate of drug-likeness (QED) is 0.766. The van der Waals surface area contributed by atoms with Crippen molar-refractivity contribution in [3.63, 3.8) is 0 Å². The fourth-order valence-electron chi connectivity index (χ4n) is 1.82. The zero-order chi connectivity index (χ0) is 15.8. The molecule has 116 valence electrons. The van der Waals surface area contributed by atoms with Crippen LogP contribution in [0.5, 0.6) is 0 Å². The van der Waals surface area contributed by atoms with Crippen LogP contribution in [0, 0.1) is 0 Å². The molecule has 0 aliphatic heterocycles. The SMILES string of the molecule is CCCNC(=O)CNC(=O)CSc1ccc2ccccc2n1. The monoisotopic (exact) mass is 317 g/mol. The van der Waals surface area contributed by atoms with Gasteiger partial charge in [0, 0.05) is 11.9 Å². The van der Waals surface area contributed by atoms with E-state index in [1.165, 1.54) is 11.8 Å². The second-order valence-corrected chi connectivity index (χ2v) is 5.75. The van der Waals surface area contributed by atoms with Crippen molar-refractivity contribution < 1.29 is 9.59 Å². The molecule has 0 unspecified atom stereocenters. The molecule has 2 amide bonds. The Labute approximate surface area is 133 Å². The minimum Gasteiger partial charge on any atom is -0.355 e. The number of rotatable bonds is 7. The Morgan fingerprint density at radius 1 is 1.09 bits per heavy atom. The summed E-state index contributed by atoms with van der Waals surface area (Å²) in [6, 6.07) is 11.7. The Morgan fingerprint density at radius 3 is 2.73 bits per heavy atom. The van der Waals surface area contributed by atoms with Crippen LogP contribution in [0.3, 0.4) is 0 Å². The fraction of sp³-hybridized carbons (Fsp3) is 0.312. The summed E-state index contributed by atoms with van der Waals surface area (Å²) in [6.07, 6.45) is 0.878. The summed E-state index contributed by atoms with van der Waals surface area (Å²) < 4.78 is 0. The van der Waals surface area contributed by atoms with Gasteiger partial charge in [0.05, 0.1) is 22.8 Å². The molecule has 0 aliphatic rings. The third-order valence-electron chi connectivity index (χ3n) is 2.94. The van der Waals surface area contributed by atoms with Crippen molar-refractivity contribution in [2.24, 2.45) is 0 Å². The molecule has 0 bridgehead atoms. The number of thioether (sulfide) groups is 1. The van der Waals surface area contributed by atoms with Crippen LogP contribution < -0.4 is 10.6 Å². The summed E-state index contributed by atoms with van der Waals surface area (Å²) in [5.74, 6) is -0.0949. The number of nitrogens with zero attached hydrogens (tertiary/aromatic N) is 1. The van der Waals surface area contributed by atoms with Crippen molar-refractivity contribution in [1.82, 2.24) is 15.6 Å². The van der Waals surface area contributed by atoms with Crippen LogP contribution >= 0.6 is 11.8 Å². The molecule has 0 spiro atoms. The summed E-state index contributed by atoms with van der Waals surface area (Å²) in [6.45, 7) is 2.63. The predicted octanol–water partition coefficient (Wildman–Crippen LogP) is 1.97. The maximum absolute atomic E-state index is 11.7. The maximum atomic E-state index is 11.7. The van der Waals surface area contributed by atoms with Crippen LogP contribution in [0.2, 0.25) is 0 Å². The van der Waals surface area contributed by atoms with E-state index < -0.39 is 0 Å². The van der Waals surface area contributed by atoms with Crippen molar-refractivity contribution in [3.8, 4) is 0 Å². The van der Waals surface area contributed by atoms with Gasteiger partial charge in [0.1, 0.15) is 0 Å². The Morgan fingerprint density at radius 2 is 1.91 bits per heavy atom. The van der Waals surface area contributed by atoms with Crippen LogP contribution in [0.1, 0.15) is 13.3 Å². The number of para-hydroxylation sites is 1. The van der Waals surface area contributed by atoms with Gasteiger partial charge in [-0.1, -0.05) is 43.0 Å². The topological polar surface area (TPSA) is 71.1 Å². The molecule has 0 radical (unpaired) electrons. The highest BCUT2D eigenvalue weighted by Crippen LogP contribution is 2.19. The number of benzene rings is 1. The molecule has 0 aliphatic carbocycles. The maximum Gasteiger partial charge on any atom is 0.239 e. The molecule has 1 aromatic heterocycles. The molecular weight excluding hydrogens is 298 g/mol. The standard InChI is InChI=1S/C16H19N3O2S/c1-2-9-17-14(20)10-18-15(21)11-22-16-8-7-12-5-3-4-6-13(12)19-16/h3-8H,2,9-11H2,1H3,(H,17,20)(H,18,21). The van der Waals surface area contributed by atoms with Gasteiger partial charge in [-0.2, -0.15) is 0 Å². The number of nitrogens with one attached hydrogen (secondary N) is 2. The summed E-state index contributed by atoms with van der Waals surface area (Å²) in [5.41, 5.74) is 0.909. The second-order valence-electron chi connectivity index (χ2n) is 4.76. The highest BCUT2D eigenvalue weighted by Gasteiger charge is 2.06. The Kier molecular flexibility index (Phi) is 6.21. The number of hydrogen-bond donors (Lipinski definition) is 2. The van der Waals surface area contributed by atoms with Crippen molar-refractivity contribution >= 4 is 34.5 Å². The van der Waals surface area contributed by atoms with E-state index in [-0.39, 0.29) is 24.1 Å². The van der Waals surface area contributed by atoms with E-state index in [1.807, 2.05) is 43.3 Å². The molecule has 2 N–H and O–H groups in total. The molecule has 6 heteroatoms. The highest BCUT2D eigenvalue weighted by atomic mass is 32.2. The first-order valence-electron chi connectivity index (χ1n) is 7.21. The molecule has 2 aromatic rings. The Hall–Kier alpha value is -2.08. The van der Waals surface area contributed by atoms with Crippen LogP contribution in [0.15, 0.2) is 41.4 Å². The van der Waals surface area contributed by atoms with E-state index in [9.17, 15) is 9.59 Å². The summed E-state index contributed by atoms with van der Waals surface area (Å²) in [4.78, 5) is 27.6. The third kappa shape index (κ3) is 5.04. The lowest BCUT2D eigenvalue weighted by Gasteiger charge is -2.06. The molecule has 0 atom stereocenters. The molecule has 22 heavy (non-hydrogen) atoms. The molecular formula is C16H19N3O2S. The van der Waals surface area contributed by atoms with Gasteiger partial charge < -0.3 is 10.6 Å².